The SMILES string of the molecule is CC(C)C1CCC(C(=O)NC(Cc2ccccc2)C(=O)O[Si](C)(C)C)CC1. The zero-order valence-electron chi connectivity index (χ0n) is 17.5. The van der Waals surface area contributed by atoms with Crippen LogP contribution in [0.3, 0.4) is 0 Å². The second kappa shape index (κ2) is 9.54. The summed E-state index contributed by atoms with van der Waals surface area (Å²) < 4.78 is 5.69. The lowest BCUT2D eigenvalue weighted by Gasteiger charge is -2.31. The fourth-order valence-corrected chi connectivity index (χ4v) is 4.50. The summed E-state index contributed by atoms with van der Waals surface area (Å²) in [6.45, 7) is 10.5. The first-order chi connectivity index (χ1) is 12.7. The van der Waals surface area contributed by atoms with Crippen molar-refractivity contribution in [3.63, 3.8) is 0 Å². The average Bonchev–Trinajstić information content (AvgIpc) is 2.60. The third-order valence-electron chi connectivity index (χ3n) is 5.38. The van der Waals surface area contributed by atoms with E-state index in [2.05, 4.69) is 19.2 Å². The normalized spacial score (nSPS) is 21.6. The van der Waals surface area contributed by atoms with Crippen molar-refractivity contribution in [2.45, 2.75) is 71.6 Å². The van der Waals surface area contributed by atoms with E-state index in [0.717, 1.165) is 31.2 Å². The van der Waals surface area contributed by atoms with E-state index in [0.29, 0.717) is 18.3 Å². The average molecular weight is 390 g/mol. The highest BCUT2D eigenvalue weighted by Gasteiger charge is 2.32. The minimum atomic E-state index is -2.01. The number of nitrogens with one attached hydrogen (secondary N) is 1. The third-order valence-corrected chi connectivity index (χ3v) is 6.19. The van der Waals surface area contributed by atoms with Gasteiger partial charge in [0.1, 0.15) is 6.04 Å². The molecule has 1 aliphatic rings. The van der Waals surface area contributed by atoms with E-state index in [9.17, 15) is 9.59 Å². The molecule has 0 aliphatic heterocycles. The zero-order chi connectivity index (χ0) is 20.0. The lowest BCUT2D eigenvalue weighted by molar-refractivity contribution is -0.141. The number of benzene rings is 1. The van der Waals surface area contributed by atoms with Crippen LogP contribution in [0.25, 0.3) is 0 Å². The Morgan fingerprint density at radius 3 is 2.19 bits per heavy atom. The predicted molar refractivity (Wildman–Crippen MR) is 112 cm³/mol. The second-order valence-electron chi connectivity index (χ2n) is 9.14. The summed E-state index contributed by atoms with van der Waals surface area (Å²) in [5.41, 5.74) is 1.03. The second-order valence-corrected chi connectivity index (χ2v) is 13.6. The molecule has 0 bridgehead atoms. The minimum Gasteiger partial charge on any atom is -0.518 e. The van der Waals surface area contributed by atoms with E-state index in [4.69, 9.17) is 4.43 Å². The molecule has 0 spiro atoms. The highest BCUT2D eigenvalue weighted by atomic mass is 28.4. The Morgan fingerprint density at radius 2 is 1.67 bits per heavy atom. The molecule has 150 valence electrons. The van der Waals surface area contributed by atoms with Gasteiger partial charge in [-0.3, -0.25) is 9.59 Å². The van der Waals surface area contributed by atoms with Gasteiger partial charge >= 0.3 is 5.97 Å². The summed E-state index contributed by atoms with van der Waals surface area (Å²) in [7, 11) is -2.01. The van der Waals surface area contributed by atoms with Gasteiger partial charge in [0, 0.05) is 12.3 Å². The molecule has 0 radical (unpaired) electrons. The Kier molecular flexibility index (Phi) is 7.65. The molecular formula is C22H35NO3Si. The van der Waals surface area contributed by atoms with E-state index in [1.165, 1.54) is 0 Å². The van der Waals surface area contributed by atoms with E-state index in [1.54, 1.807) is 0 Å². The molecule has 0 heterocycles. The van der Waals surface area contributed by atoms with Gasteiger partial charge in [0.15, 0.2) is 0 Å². The van der Waals surface area contributed by atoms with Crippen LogP contribution >= 0.6 is 0 Å². The van der Waals surface area contributed by atoms with Crippen molar-refractivity contribution in [1.82, 2.24) is 5.32 Å². The van der Waals surface area contributed by atoms with Crippen molar-refractivity contribution in [2.24, 2.45) is 17.8 Å². The summed E-state index contributed by atoms with van der Waals surface area (Å²) >= 11 is 0. The van der Waals surface area contributed by atoms with Gasteiger partial charge in [0.25, 0.3) is 0 Å². The standard InChI is InChI=1S/C22H35NO3Si/c1-16(2)18-11-13-19(14-12-18)21(24)23-20(22(25)26-27(3,4)5)15-17-9-7-6-8-10-17/h6-10,16,18-20H,11-15H2,1-5H3,(H,23,24). The van der Waals surface area contributed by atoms with Crippen molar-refractivity contribution < 1.29 is 14.0 Å². The summed E-state index contributed by atoms with van der Waals surface area (Å²) in [4.78, 5) is 25.6. The number of hydrogen-bond donors (Lipinski definition) is 1. The largest absolute Gasteiger partial charge is 0.518 e. The number of rotatable bonds is 7. The topological polar surface area (TPSA) is 55.4 Å². The van der Waals surface area contributed by atoms with Crippen molar-refractivity contribution in [2.75, 3.05) is 0 Å². The number of hydrogen-bond acceptors (Lipinski definition) is 3. The van der Waals surface area contributed by atoms with Gasteiger partial charge in [-0.2, -0.15) is 0 Å². The fourth-order valence-electron chi connectivity index (χ4n) is 3.75. The van der Waals surface area contributed by atoms with Crippen LogP contribution in [-0.4, -0.2) is 26.2 Å². The Labute approximate surface area is 165 Å². The van der Waals surface area contributed by atoms with Crippen LogP contribution in [0.5, 0.6) is 0 Å². The molecule has 1 fully saturated rings. The van der Waals surface area contributed by atoms with Crippen LogP contribution in [0.4, 0.5) is 0 Å². The Morgan fingerprint density at radius 1 is 1.07 bits per heavy atom. The van der Waals surface area contributed by atoms with Gasteiger partial charge in [0.05, 0.1) is 0 Å². The third kappa shape index (κ3) is 7.13. The maximum Gasteiger partial charge on any atom is 0.315 e. The smallest absolute Gasteiger partial charge is 0.315 e. The summed E-state index contributed by atoms with van der Waals surface area (Å²) in [5, 5.41) is 3.01. The minimum absolute atomic E-state index is 0.00524. The zero-order valence-corrected chi connectivity index (χ0v) is 18.5. The van der Waals surface area contributed by atoms with Crippen molar-refractivity contribution >= 4 is 20.2 Å². The van der Waals surface area contributed by atoms with Gasteiger partial charge in [-0.15, -0.1) is 0 Å². The summed E-state index contributed by atoms with van der Waals surface area (Å²) in [6, 6.07) is 9.19. The molecule has 2 rings (SSSR count). The summed E-state index contributed by atoms with van der Waals surface area (Å²) in [6.07, 6.45) is 4.49. The van der Waals surface area contributed by atoms with Gasteiger partial charge in [-0.25, -0.2) is 0 Å². The molecule has 1 amide bonds. The van der Waals surface area contributed by atoms with Crippen LogP contribution in [-0.2, 0) is 20.4 Å². The molecule has 0 saturated heterocycles. The Balaban J connectivity index is 2.02. The number of carbonyl (C=O) groups excluding carboxylic acids is 2. The van der Waals surface area contributed by atoms with Crippen LogP contribution in [0.2, 0.25) is 19.6 Å². The van der Waals surface area contributed by atoms with E-state index < -0.39 is 14.4 Å². The van der Waals surface area contributed by atoms with Gasteiger partial charge in [-0.1, -0.05) is 44.2 Å². The number of carbonyl (C=O) groups is 2. The molecule has 27 heavy (non-hydrogen) atoms. The van der Waals surface area contributed by atoms with Crippen molar-refractivity contribution in [1.29, 1.82) is 0 Å². The lowest BCUT2D eigenvalue weighted by atomic mass is 9.76. The highest BCUT2D eigenvalue weighted by molar-refractivity contribution is 6.71. The van der Waals surface area contributed by atoms with Crippen LogP contribution < -0.4 is 5.32 Å². The van der Waals surface area contributed by atoms with Crippen LogP contribution in [0.15, 0.2) is 30.3 Å². The van der Waals surface area contributed by atoms with Gasteiger partial charge < -0.3 is 9.74 Å². The first-order valence-corrected chi connectivity index (χ1v) is 13.6. The first-order valence-electron chi connectivity index (χ1n) is 10.2. The van der Waals surface area contributed by atoms with Crippen molar-refractivity contribution in [3.8, 4) is 0 Å². The maximum absolute atomic E-state index is 12.8. The lowest BCUT2D eigenvalue weighted by Crippen LogP contribution is -2.48. The molecule has 1 aliphatic carbocycles. The monoisotopic (exact) mass is 389 g/mol. The quantitative estimate of drug-likeness (QED) is 0.696. The molecule has 1 unspecified atom stereocenters. The molecular weight excluding hydrogens is 354 g/mol. The van der Waals surface area contributed by atoms with Crippen LogP contribution in [0, 0.1) is 17.8 Å². The Bertz CT molecular complexity index is 616. The number of amides is 1. The van der Waals surface area contributed by atoms with Crippen LogP contribution in [0.1, 0.15) is 45.1 Å². The predicted octanol–water partition coefficient (Wildman–Crippen LogP) is 4.55. The molecule has 4 nitrogen and oxygen atoms in total. The molecule has 5 heteroatoms. The Hall–Kier alpha value is -1.62. The van der Waals surface area contributed by atoms with Gasteiger partial charge in [-0.05, 0) is 62.7 Å². The van der Waals surface area contributed by atoms with E-state index in [-0.39, 0.29) is 17.8 Å². The molecule has 1 saturated carbocycles. The molecule has 1 N–H and O–H groups in total. The highest BCUT2D eigenvalue weighted by Crippen LogP contribution is 2.33. The molecule has 1 atom stereocenters. The van der Waals surface area contributed by atoms with E-state index >= 15 is 0 Å². The molecule has 1 aromatic carbocycles. The van der Waals surface area contributed by atoms with Gasteiger partial charge in [0.2, 0.25) is 14.2 Å². The van der Waals surface area contributed by atoms with Crippen molar-refractivity contribution in [3.05, 3.63) is 35.9 Å². The fraction of sp³-hybridized carbons (Fsp3) is 0.636. The van der Waals surface area contributed by atoms with E-state index in [1.807, 2.05) is 50.0 Å². The maximum atomic E-state index is 12.8. The summed E-state index contributed by atoms with van der Waals surface area (Å²) in [5.74, 6) is 1.10. The molecule has 0 aromatic heterocycles. The first kappa shape index (κ1) is 21.7. The molecule has 1 aromatic rings.